The van der Waals surface area contributed by atoms with Crippen molar-refractivity contribution in [3.63, 3.8) is 0 Å². The molecule has 3 heterocycles. The molecule has 0 bridgehead atoms. The van der Waals surface area contributed by atoms with E-state index in [2.05, 4.69) is 47.0 Å². The van der Waals surface area contributed by atoms with Crippen LogP contribution in [-0.2, 0) is 9.53 Å². The molecule has 8 nitrogen and oxygen atoms in total. The van der Waals surface area contributed by atoms with Crippen LogP contribution in [0.4, 0.5) is 5.95 Å². The average Bonchev–Trinajstić information content (AvgIpc) is 3.26. The molecule has 8 heteroatoms. The maximum absolute atomic E-state index is 11.4. The van der Waals surface area contributed by atoms with Gasteiger partial charge in [0.1, 0.15) is 11.4 Å². The molecule has 0 spiro atoms. The Morgan fingerprint density at radius 2 is 2.03 bits per heavy atom. The summed E-state index contributed by atoms with van der Waals surface area (Å²) in [5.41, 5.74) is 2.81. The van der Waals surface area contributed by atoms with Crippen molar-refractivity contribution in [2.75, 3.05) is 44.9 Å². The Hall–Kier alpha value is -3.13. The Labute approximate surface area is 188 Å². The van der Waals surface area contributed by atoms with Crippen molar-refractivity contribution in [2.24, 2.45) is 0 Å². The van der Waals surface area contributed by atoms with Crippen LogP contribution in [0.3, 0.4) is 0 Å². The number of rotatable bonds is 8. The number of hydrogen-bond acceptors (Lipinski definition) is 6. The molecule has 2 aromatic heterocycles. The Morgan fingerprint density at radius 1 is 1.22 bits per heavy atom. The molecule has 0 aliphatic carbocycles. The van der Waals surface area contributed by atoms with Gasteiger partial charge >= 0.3 is 0 Å². The molecule has 0 atom stereocenters. The molecule has 1 aliphatic heterocycles. The first-order valence-electron chi connectivity index (χ1n) is 11.2. The summed E-state index contributed by atoms with van der Waals surface area (Å²) in [5, 5.41) is 3.65. The molecule has 1 aliphatic rings. The lowest BCUT2D eigenvalue weighted by Gasteiger charge is -2.27. The summed E-state index contributed by atoms with van der Waals surface area (Å²) < 4.78 is 13.6. The van der Waals surface area contributed by atoms with Gasteiger partial charge in [-0.1, -0.05) is 12.1 Å². The fraction of sp³-hybridized carbons (Fsp3) is 0.458. The number of anilines is 1. The first-order chi connectivity index (χ1) is 15.6. The predicted molar refractivity (Wildman–Crippen MR) is 125 cm³/mol. The van der Waals surface area contributed by atoms with Crippen LogP contribution in [0.5, 0.6) is 5.75 Å². The number of carbonyl (C=O) groups is 1. The van der Waals surface area contributed by atoms with Crippen LogP contribution < -0.4 is 15.0 Å². The molecule has 1 N–H and O–H groups in total. The zero-order chi connectivity index (χ0) is 22.5. The van der Waals surface area contributed by atoms with E-state index in [1.54, 1.807) is 7.05 Å². The highest BCUT2D eigenvalue weighted by Crippen LogP contribution is 2.32. The van der Waals surface area contributed by atoms with Crippen LogP contribution in [0.2, 0.25) is 0 Å². The molecule has 1 saturated heterocycles. The smallest absolute Gasteiger partial charge is 0.228 e. The van der Waals surface area contributed by atoms with Gasteiger partial charge in [-0.3, -0.25) is 4.79 Å². The molecule has 4 rings (SSSR count). The number of morpholine rings is 1. The van der Waals surface area contributed by atoms with Crippen molar-refractivity contribution < 1.29 is 14.3 Å². The van der Waals surface area contributed by atoms with E-state index in [4.69, 9.17) is 19.4 Å². The van der Waals surface area contributed by atoms with Crippen molar-refractivity contribution in [3.8, 4) is 17.0 Å². The van der Waals surface area contributed by atoms with Gasteiger partial charge in [-0.05, 0) is 38.5 Å². The Kier molecular flexibility index (Phi) is 6.90. The van der Waals surface area contributed by atoms with Gasteiger partial charge in [-0.25, -0.2) is 4.98 Å². The van der Waals surface area contributed by atoms with Crippen molar-refractivity contribution in [2.45, 2.75) is 32.7 Å². The van der Waals surface area contributed by atoms with Gasteiger partial charge in [-0.15, -0.1) is 0 Å². The monoisotopic (exact) mass is 437 g/mol. The number of nitrogens with one attached hydrogen (secondary N) is 1. The second-order valence-electron chi connectivity index (χ2n) is 8.18. The highest BCUT2D eigenvalue weighted by molar-refractivity contribution is 5.92. The molecule has 1 fully saturated rings. The number of aromatic nitrogens is 3. The van der Waals surface area contributed by atoms with Crippen LogP contribution in [-0.4, -0.2) is 60.4 Å². The number of amides is 1. The lowest BCUT2D eigenvalue weighted by atomic mass is 10.1. The van der Waals surface area contributed by atoms with Gasteiger partial charge in [0.15, 0.2) is 0 Å². The Balaban J connectivity index is 1.66. The van der Waals surface area contributed by atoms with Gasteiger partial charge in [0, 0.05) is 49.7 Å². The van der Waals surface area contributed by atoms with E-state index in [1.165, 1.54) is 0 Å². The summed E-state index contributed by atoms with van der Waals surface area (Å²) in [6.45, 7) is 7.72. The fourth-order valence-electron chi connectivity index (χ4n) is 3.84. The fourth-order valence-corrected chi connectivity index (χ4v) is 3.84. The highest BCUT2D eigenvalue weighted by atomic mass is 16.5. The van der Waals surface area contributed by atoms with Crippen LogP contribution >= 0.6 is 0 Å². The minimum Gasteiger partial charge on any atom is -0.494 e. The zero-order valence-electron chi connectivity index (χ0n) is 19.0. The highest BCUT2D eigenvalue weighted by Gasteiger charge is 2.20. The first-order valence-corrected chi connectivity index (χ1v) is 11.2. The second-order valence-corrected chi connectivity index (χ2v) is 8.18. The lowest BCUT2D eigenvalue weighted by molar-refractivity contribution is -0.120. The number of hydrogen-bond donors (Lipinski definition) is 1. The molecule has 3 aromatic rings. The van der Waals surface area contributed by atoms with E-state index in [0.717, 1.165) is 47.1 Å². The third-order valence-corrected chi connectivity index (χ3v) is 5.61. The normalized spacial score (nSPS) is 14.2. The summed E-state index contributed by atoms with van der Waals surface area (Å²) >= 11 is 0. The first kappa shape index (κ1) is 22.1. The van der Waals surface area contributed by atoms with E-state index in [0.29, 0.717) is 38.7 Å². The van der Waals surface area contributed by atoms with E-state index >= 15 is 0 Å². The van der Waals surface area contributed by atoms with Crippen LogP contribution in [0.1, 0.15) is 32.7 Å². The minimum atomic E-state index is 0.0241. The summed E-state index contributed by atoms with van der Waals surface area (Å²) in [4.78, 5) is 23.5. The standard InChI is InChI=1S/C24H31N5O3/c1-17(2)29-10-9-20-22(26-24(27-23(20)29)28-11-14-31-15-12-28)18-6-4-7-19(16-18)32-13-5-8-21(30)25-3/h4,6-7,9-10,16-17H,5,8,11-15H2,1-3H3,(H,25,30). The maximum Gasteiger partial charge on any atom is 0.228 e. The van der Waals surface area contributed by atoms with E-state index in [1.807, 2.05) is 18.2 Å². The zero-order valence-corrected chi connectivity index (χ0v) is 19.0. The Morgan fingerprint density at radius 3 is 2.78 bits per heavy atom. The molecule has 0 saturated carbocycles. The number of nitrogens with zero attached hydrogens (tertiary/aromatic N) is 4. The van der Waals surface area contributed by atoms with Crippen molar-refractivity contribution in [1.29, 1.82) is 0 Å². The minimum absolute atomic E-state index is 0.0241. The molecule has 1 amide bonds. The van der Waals surface area contributed by atoms with Gasteiger partial charge in [-0.2, -0.15) is 4.98 Å². The van der Waals surface area contributed by atoms with E-state index in [9.17, 15) is 4.79 Å². The van der Waals surface area contributed by atoms with Crippen LogP contribution in [0.15, 0.2) is 36.5 Å². The number of ether oxygens (including phenoxy) is 2. The van der Waals surface area contributed by atoms with Gasteiger partial charge in [0.05, 0.1) is 25.5 Å². The maximum atomic E-state index is 11.4. The summed E-state index contributed by atoms with van der Waals surface area (Å²) in [7, 11) is 1.65. The molecule has 0 radical (unpaired) electrons. The topological polar surface area (TPSA) is 81.5 Å². The number of benzene rings is 1. The van der Waals surface area contributed by atoms with E-state index < -0.39 is 0 Å². The molecule has 32 heavy (non-hydrogen) atoms. The molecular weight excluding hydrogens is 406 g/mol. The largest absolute Gasteiger partial charge is 0.494 e. The molecular formula is C24H31N5O3. The summed E-state index contributed by atoms with van der Waals surface area (Å²) in [5.74, 6) is 1.52. The second kappa shape index (κ2) is 9.99. The van der Waals surface area contributed by atoms with Crippen molar-refractivity contribution in [1.82, 2.24) is 19.9 Å². The van der Waals surface area contributed by atoms with Crippen LogP contribution in [0, 0.1) is 0 Å². The van der Waals surface area contributed by atoms with Gasteiger partial charge < -0.3 is 24.3 Å². The van der Waals surface area contributed by atoms with Crippen molar-refractivity contribution in [3.05, 3.63) is 36.5 Å². The number of carbonyl (C=O) groups excluding carboxylic acids is 1. The third-order valence-electron chi connectivity index (χ3n) is 5.61. The van der Waals surface area contributed by atoms with Gasteiger partial charge in [0.2, 0.25) is 11.9 Å². The average molecular weight is 438 g/mol. The van der Waals surface area contributed by atoms with Crippen molar-refractivity contribution >= 4 is 22.9 Å². The molecule has 0 unspecified atom stereocenters. The summed E-state index contributed by atoms with van der Waals surface area (Å²) in [6.07, 6.45) is 3.20. The lowest BCUT2D eigenvalue weighted by Crippen LogP contribution is -2.37. The summed E-state index contributed by atoms with van der Waals surface area (Å²) in [6, 6.07) is 10.4. The van der Waals surface area contributed by atoms with Gasteiger partial charge in [0.25, 0.3) is 0 Å². The SMILES string of the molecule is CNC(=O)CCCOc1cccc(-c2nc(N3CCOCC3)nc3c2ccn3C(C)C)c1. The molecule has 1 aromatic carbocycles. The number of fused-ring (bicyclic) bond motifs is 1. The third kappa shape index (κ3) is 4.85. The quantitative estimate of drug-likeness (QED) is 0.544. The Bertz CT molecular complexity index is 1070. The predicted octanol–water partition coefficient (Wildman–Crippen LogP) is 3.42. The molecule has 170 valence electrons. The van der Waals surface area contributed by atoms with Crippen LogP contribution in [0.25, 0.3) is 22.3 Å². The van der Waals surface area contributed by atoms with E-state index in [-0.39, 0.29) is 5.91 Å².